The number of sulfonamides is 1. The van der Waals surface area contributed by atoms with Crippen LogP contribution in [-0.2, 0) is 22.3 Å². The van der Waals surface area contributed by atoms with Crippen LogP contribution in [0.3, 0.4) is 0 Å². The first-order valence-electron chi connectivity index (χ1n) is 7.03. The summed E-state index contributed by atoms with van der Waals surface area (Å²) in [7, 11) is -3.48. The largest absolute Gasteiger partial charge is 0.291 e. The van der Waals surface area contributed by atoms with E-state index < -0.39 is 10.0 Å². The highest BCUT2D eigenvalue weighted by Gasteiger charge is 2.12. The first-order chi connectivity index (χ1) is 11.5. The molecule has 0 aromatic carbocycles. The van der Waals surface area contributed by atoms with Gasteiger partial charge in [-0.25, -0.2) is 28.1 Å². The molecule has 1 N–H and O–H groups in total. The number of aromatic nitrogens is 4. The Kier molecular flexibility index (Phi) is 4.89. The topological polar surface area (TPSA) is 89.8 Å². The molecule has 3 rings (SSSR count). The maximum atomic E-state index is 12.2. The normalized spacial score (nSPS) is 11.5. The van der Waals surface area contributed by atoms with E-state index in [1.54, 1.807) is 53.8 Å². The van der Waals surface area contributed by atoms with Crippen LogP contribution in [0.5, 0.6) is 0 Å². The minimum absolute atomic E-state index is 0.156. The third-order valence-electron chi connectivity index (χ3n) is 3.22. The van der Waals surface area contributed by atoms with Crippen molar-refractivity contribution in [3.05, 3.63) is 71.7 Å². The molecule has 3 aromatic heterocycles. The van der Waals surface area contributed by atoms with Crippen LogP contribution in [0.2, 0.25) is 5.15 Å². The predicted molar refractivity (Wildman–Crippen MR) is 90.1 cm³/mol. The molecule has 0 bridgehead atoms. The number of nitrogens with zero attached hydrogens (tertiary/aromatic N) is 4. The zero-order valence-electron chi connectivity index (χ0n) is 12.5. The van der Waals surface area contributed by atoms with Crippen LogP contribution in [-0.4, -0.2) is 27.9 Å². The Morgan fingerprint density at radius 1 is 1.12 bits per heavy atom. The summed E-state index contributed by atoms with van der Waals surface area (Å²) in [6.07, 6.45) is 8.12. The fourth-order valence-electron chi connectivity index (χ4n) is 2.06. The van der Waals surface area contributed by atoms with E-state index in [1.165, 1.54) is 6.20 Å². The van der Waals surface area contributed by atoms with Gasteiger partial charge >= 0.3 is 0 Å². The summed E-state index contributed by atoms with van der Waals surface area (Å²) in [6.45, 7) is 0.174. The van der Waals surface area contributed by atoms with Gasteiger partial charge in [0.2, 0.25) is 10.0 Å². The average molecular weight is 364 g/mol. The Morgan fingerprint density at radius 3 is 2.71 bits per heavy atom. The van der Waals surface area contributed by atoms with Gasteiger partial charge in [-0.05, 0) is 29.3 Å². The number of rotatable bonds is 6. The van der Waals surface area contributed by atoms with Crippen LogP contribution in [0.15, 0.2) is 55.4 Å². The number of hydrogen-bond acceptors (Lipinski definition) is 5. The first kappa shape index (κ1) is 16.6. The Hall–Kier alpha value is -2.29. The number of halogens is 1. The summed E-state index contributed by atoms with van der Waals surface area (Å²) in [5.74, 6) is 0.516. The van der Waals surface area contributed by atoms with Gasteiger partial charge in [-0.3, -0.25) is 4.57 Å². The Labute approximate surface area is 144 Å². The van der Waals surface area contributed by atoms with Crippen LogP contribution >= 0.6 is 11.6 Å². The van der Waals surface area contributed by atoms with Gasteiger partial charge in [0.25, 0.3) is 0 Å². The standard InChI is InChI=1S/C15H14ClN5O2S/c16-14-2-1-13(8-19-14)10-24(22,23)20-9-12-3-4-18-15(7-12)21-6-5-17-11-21/h1-8,11,20H,9-10H2. The first-order valence-corrected chi connectivity index (χ1v) is 9.06. The minimum Gasteiger partial charge on any atom is -0.291 e. The fraction of sp³-hybridized carbons (Fsp3) is 0.133. The van der Waals surface area contributed by atoms with Crippen molar-refractivity contribution in [1.29, 1.82) is 0 Å². The lowest BCUT2D eigenvalue weighted by atomic mass is 10.2. The second-order valence-electron chi connectivity index (χ2n) is 5.06. The molecule has 0 saturated carbocycles. The zero-order valence-corrected chi connectivity index (χ0v) is 14.1. The molecule has 0 atom stereocenters. The Morgan fingerprint density at radius 2 is 2.00 bits per heavy atom. The van der Waals surface area contributed by atoms with Crippen LogP contribution in [0.1, 0.15) is 11.1 Å². The second-order valence-corrected chi connectivity index (χ2v) is 7.26. The maximum absolute atomic E-state index is 12.2. The van der Waals surface area contributed by atoms with E-state index in [4.69, 9.17) is 11.6 Å². The Bertz CT molecular complexity index is 911. The van der Waals surface area contributed by atoms with Crippen molar-refractivity contribution >= 4 is 21.6 Å². The quantitative estimate of drug-likeness (QED) is 0.676. The SMILES string of the molecule is O=S(=O)(Cc1ccc(Cl)nc1)NCc1ccnc(-n2ccnc2)c1. The molecule has 0 radical (unpaired) electrons. The van der Waals surface area contributed by atoms with E-state index in [1.807, 2.05) is 0 Å². The molecule has 24 heavy (non-hydrogen) atoms. The molecule has 3 heterocycles. The van der Waals surface area contributed by atoms with Crippen molar-refractivity contribution in [3.8, 4) is 5.82 Å². The molecule has 124 valence electrons. The fourth-order valence-corrected chi connectivity index (χ4v) is 3.27. The van der Waals surface area contributed by atoms with Crippen LogP contribution in [0.4, 0.5) is 0 Å². The zero-order chi connectivity index (χ0) is 17.0. The van der Waals surface area contributed by atoms with Crippen molar-refractivity contribution in [2.75, 3.05) is 0 Å². The summed E-state index contributed by atoms with van der Waals surface area (Å²) in [4.78, 5) is 12.1. The lowest BCUT2D eigenvalue weighted by Gasteiger charge is -2.08. The molecule has 0 aliphatic carbocycles. The van der Waals surface area contributed by atoms with E-state index in [-0.39, 0.29) is 12.3 Å². The molecule has 7 nitrogen and oxygen atoms in total. The summed E-state index contributed by atoms with van der Waals surface area (Å²) in [5.41, 5.74) is 1.37. The molecule has 0 aliphatic rings. The monoisotopic (exact) mass is 363 g/mol. The van der Waals surface area contributed by atoms with E-state index in [0.717, 1.165) is 5.56 Å². The molecule has 9 heteroatoms. The summed E-state index contributed by atoms with van der Waals surface area (Å²) >= 11 is 5.69. The molecule has 3 aromatic rings. The number of pyridine rings is 2. The van der Waals surface area contributed by atoms with Gasteiger partial charge < -0.3 is 0 Å². The van der Waals surface area contributed by atoms with Crippen LogP contribution < -0.4 is 4.72 Å². The lowest BCUT2D eigenvalue weighted by molar-refractivity contribution is 0.580. The van der Waals surface area contributed by atoms with Gasteiger partial charge in [-0.2, -0.15) is 0 Å². The molecule has 0 unspecified atom stereocenters. The van der Waals surface area contributed by atoms with Gasteiger partial charge in [0, 0.05) is 31.3 Å². The predicted octanol–water partition coefficient (Wildman–Crippen LogP) is 1.94. The van der Waals surface area contributed by atoms with Gasteiger partial charge in [-0.15, -0.1) is 0 Å². The summed E-state index contributed by atoms with van der Waals surface area (Å²) in [5, 5.41) is 0.327. The van der Waals surface area contributed by atoms with Crippen molar-refractivity contribution in [1.82, 2.24) is 24.2 Å². The second kappa shape index (κ2) is 7.08. The molecule has 0 fully saturated rings. The maximum Gasteiger partial charge on any atom is 0.216 e. The minimum atomic E-state index is -3.48. The number of hydrogen-bond donors (Lipinski definition) is 1. The van der Waals surface area contributed by atoms with Crippen LogP contribution in [0.25, 0.3) is 5.82 Å². The third-order valence-corrected chi connectivity index (χ3v) is 4.74. The van der Waals surface area contributed by atoms with Crippen molar-refractivity contribution in [2.45, 2.75) is 12.3 Å². The van der Waals surface area contributed by atoms with Gasteiger partial charge in [0.15, 0.2) is 0 Å². The van der Waals surface area contributed by atoms with E-state index in [2.05, 4.69) is 19.7 Å². The van der Waals surface area contributed by atoms with E-state index in [0.29, 0.717) is 16.5 Å². The third kappa shape index (κ3) is 4.38. The van der Waals surface area contributed by atoms with Gasteiger partial charge in [-0.1, -0.05) is 17.7 Å². The highest BCUT2D eigenvalue weighted by molar-refractivity contribution is 7.88. The van der Waals surface area contributed by atoms with Gasteiger partial charge in [0.1, 0.15) is 17.3 Å². The number of imidazole rings is 1. The molecular weight excluding hydrogens is 350 g/mol. The smallest absolute Gasteiger partial charge is 0.216 e. The van der Waals surface area contributed by atoms with E-state index in [9.17, 15) is 8.42 Å². The molecule has 0 amide bonds. The average Bonchev–Trinajstić information content (AvgIpc) is 3.10. The molecule has 0 saturated heterocycles. The molecule has 0 spiro atoms. The molecular formula is C15H14ClN5O2S. The van der Waals surface area contributed by atoms with Crippen molar-refractivity contribution < 1.29 is 8.42 Å². The van der Waals surface area contributed by atoms with Crippen molar-refractivity contribution in [3.63, 3.8) is 0 Å². The summed E-state index contributed by atoms with van der Waals surface area (Å²) < 4.78 is 28.7. The highest BCUT2D eigenvalue weighted by Crippen LogP contribution is 2.10. The van der Waals surface area contributed by atoms with Crippen molar-refractivity contribution in [2.24, 2.45) is 0 Å². The van der Waals surface area contributed by atoms with E-state index >= 15 is 0 Å². The van der Waals surface area contributed by atoms with Crippen LogP contribution in [0, 0.1) is 0 Å². The number of nitrogens with one attached hydrogen (secondary N) is 1. The molecule has 0 aliphatic heterocycles. The summed E-state index contributed by atoms with van der Waals surface area (Å²) in [6, 6.07) is 6.76. The lowest BCUT2D eigenvalue weighted by Crippen LogP contribution is -2.24. The Balaban J connectivity index is 1.66. The van der Waals surface area contributed by atoms with Gasteiger partial charge in [0.05, 0.1) is 5.75 Å². The highest BCUT2D eigenvalue weighted by atomic mass is 35.5.